The summed E-state index contributed by atoms with van der Waals surface area (Å²) >= 11 is 0. The van der Waals surface area contributed by atoms with Crippen LogP contribution in [0.25, 0.3) is 10.9 Å². The van der Waals surface area contributed by atoms with Gasteiger partial charge in [-0.2, -0.15) is 0 Å². The van der Waals surface area contributed by atoms with Gasteiger partial charge in [-0.15, -0.1) is 0 Å². The van der Waals surface area contributed by atoms with Crippen molar-refractivity contribution in [2.45, 2.75) is 19.0 Å². The first-order valence-corrected chi connectivity index (χ1v) is 9.84. The molecule has 0 fully saturated rings. The molecular weight excluding hydrogens is 376 g/mol. The fraction of sp³-hybridized carbons (Fsp3) is 0.125. The van der Waals surface area contributed by atoms with Crippen molar-refractivity contribution in [3.63, 3.8) is 0 Å². The van der Waals surface area contributed by atoms with Gasteiger partial charge in [0.25, 0.3) is 5.91 Å². The van der Waals surface area contributed by atoms with E-state index in [0.717, 1.165) is 22.0 Å². The summed E-state index contributed by atoms with van der Waals surface area (Å²) in [7, 11) is 0. The zero-order chi connectivity index (χ0) is 20.7. The maximum Gasteiger partial charge on any atom is 0.255 e. The summed E-state index contributed by atoms with van der Waals surface area (Å²) in [6.45, 7) is 1.75. The molecule has 2 atom stereocenters. The number of benzene rings is 2. The number of nitrogens with one attached hydrogen (secondary N) is 2. The number of carbonyl (C=O) groups excluding carboxylic acids is 2. The molecule has 1 aliphatic heterocycles. The smallest absolute Gasteiger partial charge is 0.255 e. The Morgan fingerprint density at radius 2 is 1.80 bits per heavy atom. The van der Waals surface area contributed by atoms with Gasteiger partial charge in [0, 0.05) is 34.4 Å². The second kappa shape index (κ2) is 7.15. The van der Waals surface area contributed by atoms with Crippen molar-refractivity contribution in [3.05, 3.63) is 95.8 Å². The predicted molar refractivity (Wildman–Crippen MR) is 115 cm³/mol. The number of carbonyl (C=O) groups is 2. The number of aromatic amines is 1. The Balaban J connectivity index is 1.57. The van der Waals surface area contributed by atoms with E-state index in [1.54, 1.807) is 36.2 Å². The zero-order valence-corrected chi connectivity index (χ0v) is 16.4. The van der Waals surface area contributed by atoms with Gasteiger partial charge in [-0.3, -0.25) is 9.59 Å². The highest BCUT2D eigenvalue weighted by Crippen LogP contribution is 2.42. The number of aromatic nitrogens is 2. The van der Waals surface area contributed by atoms with Crippen LogP contribution in [0.15, 0.2) is 79.1 Å². The number of amides is 2. The molecule has 0 aliphatic carbocycles. The average Bonchev–Trinajstić information content (AvgIpc) is 3.33. The largest absolute Gasteiger partial charge is 0.361 e. The first-order chi connectivity index (χ1) is 14.6. The third-order valence-corrected chi connectivity index (χ3v) is 5.63. The van der Waals surface area contributed by atoms with Crippen molar-refractivity contribution in [1.82, 2.24) is 14.9 Å². The first kappa shape index (κ1) is 18.1. The molecule has 2 aromatic heterocycles. The second-order valence-electron chi connectivity index (χ2n) is 7.37. The van der Waals surface area contributed by atoms with Crippen LogP contribution in [0.3, 0.4) is 0 Å². The molecule has 2 N–H and O–H groups in total. The Labute approximate surface area is 173 Å². The Bertz CT molecular complexity index is 1250. The number of pyridine rings is 1. The van der Waals surface area contributed by atoms with E-state index in [9.17, 15) is 9.59 Å². The SMILES string of the molecule is CC(C(=O)Nc1ccccn1)N1C(=O)c2ccccc2C1c1c[nH]c2ccccc12. The van der Waals surface area contributed by atoms with Crippen LogP contribution in [-0.4, -0.2) is 32.7 Å². The van der Waals surface area contributed by atoms with E-state index in [4.69, 9.17) is 0 Å². The molecule has 30 heavy (non-hydrogen) atoms. The lowest BCUT2D eigenvalue weighted by Gasteiger charge is -2.30. The summed E-state index contributed by atoms with van der Waals surface area (Å²) < 4.78 is 0. The second-order valence-corrected chi connectivity index (χ2v) is 7.37. The van der Waals surface area contributed by atoms with Crippen LogP contribution in [0.2, 0.25) is 0 Å². The Morgan fingerprint density at radius 3 is 2.63 bits per heavy atom. The molecular formula is C24H20N4O2. The van der Waals surface area contributed by atoms with Gasteiger partial charge < -0.3 is 15.2 Å². The zero-order valence-electron chi connectivity index (χ0n) is 16.4. The number of anilines is 1. The van der Waals surface area contributed by atoms with E-state index in [2.05, 4.69) is 15.3 Å². The lowest BCUT2D eigenvalue weighted by molar-refractivity contribution is -0.120. The quantitative estimate of drug-likeness (QED) is 0.544. The number of nitrogens with zero attached hydrogens (tertiary/aromatic N) is 2. The van der Waals surface area contributed by atoms with Crippen molar-refractivity contribution in [2.24, 2.45) is 0 Å². The number of fused-ring (bicyclic) bond motifs is 2. The molecule has 1 aliphatic rings. The molecule has 0 bridgehead atoms. The van der Waals surface area contributed by atoms with E-state index in [1.165, 1.54) is 0 Å². The van der Waals surface area contributed by atoms with Gasteiger partial charge in [0.05, 0.1) is 6.04 Å². The van der Waals surface area contributed by atoms with E-state index in [0.29, 0.717) is 11.4 Å². The van der Waals surface area contributed by atoms with Gasteiger partial charge in [0.1, 0.15) is 11.9 Å². The third-order valence-electron chi connectivity index (χ3n) is 5.63. The molecule has 148 valence electrons. The van der Waals surface area contributed by atoms with Crippen molar-refractivity contribution in [2.75, 3.05) is 5.32 Å². The van der Waals surface area contributed by atoms with E-state index in [1.807, 2.05) is 54.7 Å². The number of rotatable bonds is 4. The predicted octanol–water partition coefficient (Wildman–Crippen LogP) is 4.14. The molecule has 6 heteroatoms. The van der Waals surface area contributed by atoms with Gasteiger partial charge in [0.15, 0.2) is 0 Å². The van der Waals surface area contributed by atoms with Crippen LogP contribution in [0, 0.1) is 0 Å². The molecule has 0 saturated carbocycles. The third kappa shape index (κ3) is 2.85. The molecule has 0 radical (unpaired) electrons. The van der Waals surface area contributed by atoms with Gasteiger partial charge in [0.2, 0.25) is 5.91 Å². The number of hydrogen-bond donors (Lipinski definition) is 2. The molecule has 2 amide bonds. The molecule has 0 saturated heterocycles. The number of H-pyrrole nitrogens is 1. The molecule has 0 spiro atoms. The highest BCUT2D eigenvalue weighted by atomic mass is 16.2. The average molecular weight is 396 g/mol. The summed E-state index contributed by atoms with van der Waals surface area (Å²) in [5.74, 6) is 0.0337. The molecule has 3 heterocycles. The van der Waals surface area contributed by atoms with Crippen molar-refractivity contribution in [1.29, 1.82) is 0 Å². The monoisotopic (exact) mass is 396 g/mol. The van der Waals surface area contributed by atoms with Crippen LogP contribution in [-0.2, 0) is 4.79 Å². The summed E-state index contributed by atoms with van der Waals surface area (Å²) in [6.07, 6.45) is 3.55. The minimum Gasteiger partial charge on any atom is -0.361 e. The normalized spacial score (nSPS) is 16.5. The Morgan fingerprint density at radius 1 is 1.03 bits per heavy atom. The van der Waals surface area contributed by atoms with Gasteiger partial charge in [-0.1, -0.05) is 42.5 Å². The van der Waals surface area contributed by atoms with Crippen LogP contribution in [0.5, 0.6) is 0 Å². The fourth-order valence-corrected chi connectivity index (χ4v) is 4.17. The first-order valence-electron chi connectivity index (χ1n) is 9.84. The summed E-state index contributed by atoms with van der Waals surface area (Å²) in [4.78, 5) is 35.5. The van der Waals surface area contributed by atoms with Crippen LogP contribution >= 0.6 is 0 Å². The molecule has 5 rings (SSSR count). The molecule has 6 nitrogen and oxygen atoms in total. The van der Waals surface area contributed by atoms with Crippen molar-refractivity contribution in [3.8, 4) is 0 Å². The maximum absolute atomic E-state index is 13.4. The summed E-state index contributed by atoms with van der Waals surface area (Å²) in [5.41, 5.74) is 3.51. The number of hydrogen-bond acceptors (Lipinski definition) is 3. The van der Waals surface area contributed by atoms with Gasteiger partial charge in [-0.25, -0.2) is 4.98 Å². The van der Waals surface area contributed by atoms with Crippen LogP contribution in [0.1, 0.15) is 34.5 Å². The topological polar surface area (TPSA) is 78.1 Å². The van der Waals surface area contributed by atoms with Gasteiger partial charge in [-0.05, 0) is 36.8 Å². The van der Waals surface area contributed by atoms with Crippen molar-refractivity contribution >= 4 is 28.5 Å². The molecule has 4 aromatic rings. The van der Waals surface area contributed by atoms with Crippen LogP contribution < -0.4 is 5.32 Å². The van der Waals surface area contributed by atoms with Crippen molar-refractivity contribution < 1.29 is 9.59 Å². The minimum absolute atomic E-state index is 0.149. The standard InChI is InChI=1S/C24H20N4O2/c1-15(23(29)27-21-12-6-7-13-25-21)28-22(17-9-2-3-10-18(17)24(28)30)19-14-26-20-11-5-4-8-16(19)20/h2-15,22,26H,1H3,(H,25,27,29). The Kier molecular flexibility index (Phi) is 4.32. The van der Waals surface area contributed by atoms with Gasteiger partial charge >= 0.3 is 0 Å². The highest BCUT2D eigenvalue weighted by Gasteiger charge is 2.43. The lowest BCUT2D eigenvalue weighted by atomic mass is 9.97. The fourth-order valence-electron chi connectivity index (χ4n) is 4.17. The number of para-hydroxylation sites is 1. The van der Waals surface area contributed by atoms with Crippen LogP contribution in [0.4, 0.5) is 5.82 Å². The maximum atomic E-state index is 13.4. The highest BCUT2D eigenvalue weighted by molar-refractivity contribution is 6.05. The Hall–Kier alpha value is -3.93. The van der Waals surface area contributed by atoms with E-state index >= 15 is 0 Å². The molecule has 2 unspecified atom stereocenters. The summed E-state index contributed by atoms with van der Waals surface area (Å²) in [5, 5.41) is 3.85. The molecule has 2 aromatic carbocycles. The minimum atomic E-state index is -0.689. The van der Waals surface area contributed by atoms with E-state index in [-0.39, 0.29) is 17.9 Å². The lowest BCUT2D eigenvalue weighted by Crippen LogP contribution is -2.44. The van der Waals surface area contributed by atoms with E-state index < -0.39 is 6.04 Å². The summed E-state index contributed by atoms with van der Waals surface area (Å²) in [6, 6.07) is 19.8.